The van der Waals surface area contributed by atoms with E-state index in [-0.39, 0.29) is 35.3 Å². The van der Waals surface area contributed by atoms with Gasteiger partial charge >= 0.3 is 0 Å². The Balaban J connectivity index is 1.70. The number of furan rings is 1. The van der Waals surface area contributed by atoms with Crippen molar-refractivity contribution in [2.45, 2.75) is 38.0 Å². The van der Waals surface area contributed by atoms with Gasteiger partial charge in [-0.2, -0.15) is 0 Å². The first-order chi connectivity index (χ1) is 19.7. The summed E-state index contributed by atoms with van der Waals surface area (Å²) in [5, 5.41) is 48.9. The normalized spacial score (nSPS) is 25.5. The van der Waals surface area contributed by atoms with Crippen LogP contribution in [0.25, 0.3) is 11.3 Å². The van der Waals surface area contributed by atoms with E-state index < -0.39 is 58.0 Å². The Bertz CT molecular complexity index is 1570. The summed E-state index contributed by atoms with van der Waals surface area (Å²) in [6, 6.07) is 4.16. The van der Waals surface area contributed by atoms with Crippen LogP contribution in [-0.2, 0) is 22.6 Å². The molecule has 0 saturated heterocycles. The number of Topliss-reactive ketones (excluding diaryl/α,β-unsaturated/α-hetero) is 2. The van der Waals surface area contributed by atoms with E-state index in [9.17, 15) is 34.8 Å². The lowest BCUT2D eigenvalue weighted by Crippen LogP contribution is -2.63. The zero-order valence-corrected chi connectivity index (χ0v) is 24.2. The third kappa shape index (κ3) is 4.12. The summed E-state index contributed by atoms with van der Waals surface area (Å²) in [7, 11) is 6.79. The minimum absolute atomic E-state index is 0.0209. The van der Waals surface area contributed by atoms with Crippen LogP contribution in [0, 0.1) is 11.8 Å². The van der Waals surface area contributed by atoms with Gasteiger partial charge in [-0.15, -0.1) is 0 Å². The van der Waals surface area contributed by atoms with Crippen LogP contribution in [0.5, 0.6) is 5.75 Å². The molecule has 5 rings (SSSR count). The molecule has 2 aromatic rings. The number of fused-ring (bicyclic) bond motifs is 3. The maximum absolute atomic E-state index is 14.2. The third-order valence-corrected chi connectivity index (χ3v) is 8.66. The number of aliphatic hydroxyl groups is 3. The van der Waals surface area contributed by atoms with Gasteiger partial charge in [-0.25, -0.2) is 0 Å². The molecule has 3 aliphatic carbocycles. The van der Waals surface area contributed by atoms with E-state index in [0.717, 1.165) is 6.54 Å². The highest BCUT2D eigenvalue weighted by Gasteiger charge is 2.63. The molecule has 0 spiro atoms. The van der Waals surface area contributed by atoms with Crippen molar-refractivity contribution in [1.82, 2.24) is 10.2 Å². The fourth-order valence-corrected chi connectivity index (χ4v) is 6.75. The Morgan fingerprint density at radius 1 is 1.17 bits per heavy atom. The molecule has 12 nitrogen and oxygen atoms in total. The minimum atomic E-state index is -2.69. The number of carbonyl (C=O) groups is 3. The molecule has 3 aliphatic rings. The largest absolute Gasteiger partial charge is 0.510 e. The van der Waals surface area contributed by atoms with E-state index in [1.54, 1.807) is 46.4 Å². The Morgan fingerprint density at radius 2 is 1.86 bits per heavy atom. The number of aromatic hydroxyl groups is 1. The number of phenols is 1. The number of ketones is 2. The highest BCUT2D eigenvalue weighted by atomic mass is 16.4. The molecule has 0 saturated carbocycles. The molecular formula is C30H36N4O8. The van der Waals surface area contributed by atoms with Crippen molar-refractivity contribution in [3.05, 3.63) is 57.8 Å². The number of benzene rings is 1. The van der Waals surface area contributed by atoms with Gasteiger partial charge in [0.25, 0.3) is 5.91 Å². The van der Waals surface area contributed by atoms with E-state index >= 15 is 0 Å². The van der Waals surface area contributed by atoms with Crippen LogP contribution >= 0.6 is 0 Å². The van der Waals surface area contributed by atoms with Gasteiger partial charge in [0.1, 0.15) is 34.4 Å². The van der Waals surface area contributed by atoms with Gasteiger partial charge in [-0.3, -0.25) is 19.3 Å². The number of anilines is 1. The number of likely N-dealkylation sites (N-methyl/N-ethyl adjacent to an activating group) is 1. The van der Waals surface area contributed by atoms with E-state index in [1.807, 2.05) is 11.8 Å². The Kier molecular flexibility index (Phi) is 7.20. The molecule has 1 aromatic carbocycles. The molecule has 1 aromatic heterocycles. The predicted octanol–water partition coefficient (Wildman–Crippen LogP) is 1.56. The number of amides is 1. The highest BCUT2D eigenvalue weighted by molar-refractivity contribution is 6.25. The molecule has 4 atom stereocenters. The number of carbonyl (C=O) groups excluding carboxylic acids is 3. The van der Waals surface area contributed by atoms with Crippen molar-refractivity contribution in [2.75, 3.05) is 39.6 Å². The van der Waals surface area contributed by atoms with E-state index in [2.05, 4.69) is 5.32 Å². The summed E-state index contributed by atoms with van der Waals surface area (Å²) in [5.74, 6) is -5.91. The number of phenolic OH excluding ortho intramolecular Hbond substituents is 1. The molecule has 12 heteroatoms. The number of nitrogens with one attached hydrogen (secondary N) is 1. The first-order valence-electron chi connectivity index (χ1n) is 13.8. The Labute approximate surface area is 242 Å². The minimum Gasteiger partial charge on any atom is -0.510 e. The lowest BCUT2D eigenvalue weighted by molar-refractivity contribution is -0.148. The fourth-order valence-electron chi connectivity index (χ4n) is 6.75. The molecule has 1 heterocycles. The van der Waals surface area contributed by atoms with Crippen molar-refractivity contribution < 1.29 is 39.2 Å². The fraction of sp³-hybridized carbons (Fsp3) is 0.433. The van der Waals surface area contributed by atoms with Gasteiger partial charge in [0.05, 0.1) is 23.7 Å². The summed E-state index contributed by atoms with van der Waals surface area (Å²) in [5.41, 5.74) is 3.06. The lowest BCUT2D eigenvalue weighted by Gasteiger charge is -2.50. The SMILES string of the molecule is CCNCc1ccc(-c2cc(N(C)C)c3c(c2O)C(=O)C2=C(O)[C@]4(O)C(=O)C(C(N)=O)=C(O)[C@@H](N(C)C)[C@@H]4C[C@@H]2C3)o1. The zero-order chi connectivity index (χ0) is 30.8. The molecule has 224 valence electrons. The lowest BCUT2D eigenvalue weighted by atomic mass is 9.58. The number of primary amides is 1. The van der Waals surface area contributed by atoms with Gasteiger partial charge in [0.15, 0.2) is 11.4 Å². The molecule has 7 N–H and O–H groups in total. The van der Waals surface area contributed by atoms with Crippen molar-refractivity contribution in [1.29, 1.82) is 0 Å². The van der Waals surface area contributed by atoms with Crippen molar-refractivity contribution in [2.24, 2.45) is 17.6 Å². The maximum atomic E-state index is 14.2. The second-order valence-electron chi connectivity index (χ2n) is 11.5. The van der Waals surface area contributed by atoms with Gasteiger partial charge in [0.2, 0.25) is 5.78 Å². The first kappa shape index (κ1) is 29.4. The monoisotopic (exact) mass is 580 g/mol. The second kappa shape index (κ2) is 10.3. The number of rotatable bonds is 7. The van der Waals surface area contributed by atoms with Crippen LogP contribution in [0.15, 0.2) is 45.3 Å². The number of nitrogens with zero attached hydrogens (tertiary/aromatic N) is 2. The first-order valence-corrected chi connectivity index (χ1v) is 13.8. The number of hydrogen-bond donors (Lipinski definition) is 6. The van der Waals surface area contributed by atoms with E-state index in [4.69, 9.17) is 10.2 Å². The molecule has 0 bridgehead atoms. The van der Waals surface area contributed by atoms with Crippen molar-refractivity contribution >= 4 is 23.2 Å². The second-order valence-corrected chi connectivity index (χ2v) is 11.5. The van der Waals surface area contributed by atoms with Crippen LogP contribution in [0.4, 0.5) is 5.69 Å². The average Bonchev–Trinajstić information content (AvgIpc) is 3.37. The molecule has 0 radical (unpaired) electrons. The number of allylic oxidation sites excluding steroid dienone is 1. The summed E-state index contributed by atoms with van der Waals surface area (Å²) < 4.78 is 5.95. The Hall–Kier alpha value is -4.13. The molecule has 0 aliphatic heterocycles. The Morgan fingerprint density at radius 3 is 2.45 bits per heavy atom. The molecular weight excluding hydrogens is 544 g/mol. The zero-order valence-electron chi connectivity index (χ0n) is 24.2. The summed E-state index contributed by atoms with van der Waals surface area (Å²) in [6.07, 6.45) is 0.215. The number of aliphatic hydroxyl groups excluding tert-OH is 2. The van der Waals surface area contributed by atoms with Crippen molar-refractivity contribution in [3.63, 3.8) is 0 Å². The average molecular weight is 581 g/mol. The van der Waals surface area contributed by atoms with Gasteiger partial charge in [-0.1, -0.05) is 6.92 Å². The van der Waals surface area contributed by atoms with Crippen LogP contribution in [0.1, 0.15) is 35.0 Å². The molecule has 0 unspecified atom stereocenters. The molecule has 42 heavy (non-hydrogen) atoms. The van der Waals surface area contributed by atoms with Crippen LogP contribution < -0.4 is 16.0 Å². The highest BCUT2D eigenvalue weighted by Crippen LogP contribution is 2.54. The quantitative estimate of drug-likeness (QED) is 0.261. The topological polar surface area (TPSA) is 190 Å². The third-order valence-electron chi connectivity index (χ3n) is 8.66. The summed E-state index contributed by atoms with van der Waals surface area (Å²) in [4.78, 5) is 43.2. The summed E-state index contributed by atoms with van der Waals surface area (Å²) >= 11 is 0. The molecule has 0 fully saturated rings. The van der Waals surface area contributed by atoms with Crippen LogP contribution in [-0.4, -0.2) is 89.2 Å². The van der Waals surface area contributed by atoms with Crippen molar-refractivity contribution in [3.8, 4) is 17.1 Å². The standard InChI is InChI=1S/C30H36N4O8/c1-6-32-12-14-7-8-19(42-14)16-11-18(33(2)3)15-9-13-10-17-23(34(4)5)26(37)22(29(31)40)28(39)30(17,41)27(38)20(13)25(36)21(15)24(16)35/h7-8,11,13,17,23,32,35,37-38,41H,6,9-10,12H2,1-5H3,(H2,31,40)/t13-,17-,23-,30-/m0/s1. The van der Waals surface area contributed by atoms with Gasteiger partial charge in [-0.05, 0) is 63.2 Å². The van der Waals surface area contributed by atoms with Gasteiger partial charge < -0.3 is 40.8 Å². The number of nitrogens with two attached hydrogens (primary N) is 1. The maximum Gasteiger partial charge on any atom is 0.255 e. The predicted molar refractivity (Wildman–Crippen MR) is 153 cm³/mol. The smallest absolute Gasteiger partial charge is 0.255 e. The van der Waals surface area contributed by atoms with E-state index in [1.165, 1.54) is 4.90 Å². The number of hydrogen-bond acceptors (Lipinski definition) is 11. The summed E-state index contributed by atoms with van der Waals surface area (Å²) in [6.45, 7) is 3.17. The van der Waals surface area contributed by atoms with Crippen LogP contribution in [0.3, 0.4) is 0 Å². The van der Waals surface area contributed by atoms with E-state index in [0.29, 0.717) is 29.3 Å². The van der Waals surface area contributed by atoms with Crippen LogP contribution in [0.2, 0.25) is 0 Å². The van der Waals surface area contributed by atoms with Gasteiger partial charge in [0, 0.05) is 31.3 Å². The molecule has 1 amide bonds.